The molecule has 23 heavy (non-hydrogen) atoms. The van der Waals surface area contributed by atoms with Crippen molar-refractivity contribution in [1.82, 2.24) is 4.57 Å². The number of halogens is 3. The van der Waals surface area contributed by atoms with Crippen LogP contribution >= 0.6 is 0 Å². The van der Waals surface area contributed by atoms with E-state index in [0.717, 1.165) is 12.1 Å². The third kappa shape index (κ3) is 2.46. The molecule has 3 rings (SSSR count). The summed E-state index contributed by atoms with van der Waals surface area (Å²) in [6.45, 7) is 0. The molecule has 0 spiro atoms. The molecule has 3 aromatic rings. The Labute approximate surface area is 129 Å². The minimum Gasteiger partial charge on any atom is -0.503 e. The third-order valence-corrected chi connectivity index (χ3v) is 3.78. The molecule has 118 valence electrons. The maximum Gasteiger partial charge on any atom is 0.416 e. The highest BCUT2D eigenvalue weighted by Gasteiger charge is 2.30. The molecular weight excluding hydrogens is 307 g/mol. The summed E-state index contributed by atoms with van der Waals surface area (Å²) < 4.78 is 39.3. The Morgan fingerprint density at radius 1 is 1.00 bits per heavy atom. The predicted molar refractivity (Wildman–Crippen MR) is 81.3 cm³/mol. The SMILES string of the molecule is Cn1c(=O)c(O)c(-c2ccc(C(F)(F)F)cc2)c2ccccc21. The fraction of sp³-hybridized carbons (Fsp3) is 0.118. The van der Waals surface area contributed by atoms with Crippen LogP contribution < -0.4 is 5.56 Å². The second kappa shape index (κ2) is 5.15. The maximum absolute atomic E-state index is 12.7. The van der Waals surface area contributed by atoms with Gasteiger partial charge in [0, 0.05) is 18.0 Å². The second-order valence-corrected chi connectivity index (χ2v) is 5.18. The lowest BCUT2D eigenvalue weighted by molar-refractivity contribution is -0.137. The Bertz CT molecular complexity index is 941. The van der Waals surface area contributed by atoms with E-state index in [4.69, 9.17) is 0 Å². The third-order valence-electron chi connectivity index (χ3n) is 3.78. The van der Waals surface area contributed by atoms with Crippen LogP contribution in [-0.2, 0) is 13.2 Å². The number of hydrogen-bond acceptors (Lipinski definition) is 2. The molecule has 6 heteroatoms. The number of benzene rings is 2. The first-order valence-corrected chi connectivity index (χ1v) is 6.79. The molecule has 0 radical (unpaired) electrons. The molecule has 0 aliphatic rings. The number of para-hydroxylation sites is 1. The van der Waals surface area contributed by atoms with Gasteiger partial charge in [-0.2, -0.15) is 13.2 Å². The number of pyridine rings is 1. The number of alkyl halides is 3. The Morgan fingerprint density at radius 3 is 2.22 bits per heavy atom. The average molecular weight is 319 g/mol. The van der Waals surface area contributed by atoms with E-state index in [2.05, 4.69) is 0 Å². The summed E-state index contributed by atoms with van der Waals surface area (Å²) in [5, 5.41) is 10.8. The normalized spacial score (nSPS) is 11.8. The first-order valence-electron chi connectivity index (χ1n) is 6.79. The van der Waals surface area contributed by atoms with Gasteiger partial charge in [0.1, 0.15) is 0 Å². The van der Waals surface area contributed by atoms with Crippen molar-refractivity contribution in [2.24, 2.45) is 7.05 Å². The minimum absolute atomic E-state index is 0.234. The molecule has 0 saturated carbocycles. The van der Waals surface area contributed by atoms with E-state index in [1.807, 2.05) is 0 Å². The van der Waals surface area contributed by atoms with Crippen molar-refractivity contribution in [3.05, 3.63) is 64.4 Å². The molecule has 1 aromatic heterocycles. The first-order chi connectivity index (χ1) is 10.8. The molecule has 0 aliphatic carbocycles. The zero-order valence-electron chi connectivity index (χ0n) is 12.1. The topological polar surface area (TPSA) is 42.2 Å². The number of aromatic nitrogens is 1. The molecule has 0 fully saturated rings. The van der Waals surface area contributed by atoms with Crippen LogP contribution in [0.15, 0.2) is 53.3 Å². The monoisotopic (exact) mass is 319 g/mol. The van der Waals surface area contributed by atoms with Gasteiger partial charge in [-0.05, 0) is 23.8 Å². The van der Waals surface area contributed by atoms with Crippen LogP contribution in [-0.4, -0.2) is 9.67 Å². The standard InChI is InChI=1S/C17H12F3NO2/c1-21-13-5-3-2-4-12(13)14(15(22)16(21)23)10-6-8-11(9-7-10)17(18,19)20/h2-9,22H,1H3. The number of nitrogens with zero attached hydrogens (tertiary/aromatic N) is 1. The summed E-state index contributed by atoms with van der Waals surface area (Å²) in [5.74, 6) is -0.481. The summed E-state index contributed by atoms with van der Waals surface area (Å²) in [6.07, 6.45) is -4.44. The summed E-state index contributed by atoms with van der Waals surface area (Å²) in [4.78, 5) is 12.1. The van der Waals surface area contributed by atoms with Gasteiger partial charge in [0.15, 0.2) is 5.75 Å². The molecule has 0 atom stereocenters. The lowest BCUT2D eigenvalue weighted by Crippen LogP contribution is -2.17. The Kier molecular flexibility index (Phi) is 3.39. The molecule has 1 N–H and O–H groups in total. The van der Waals surface area contributed by atoms with Gasteiger partial charge < -0.3 is 9.67 Å². The number of aromatic hydroxyl groups is 1. The van der Waals surface area contributed by atoms with E-state index in [1.165, 1.54) is 23.7 Å². The molecular formula is C17H12F3NO2. The molecule has 0 amide bonds. The van der Waals surface area contributed by atoms with Crippen molar-refractivity contribution in [3.8, 4) is 16.9 Å². The van der Waals surface area contributed by atoms with Crippen LogP contribution in [0.3, 0.4) is 0 Å². The van der Waals surface area contributed by atoms with Crippen molar-refractivity contribution in [2.45, 2.75) is 6.18 Å². The molecule has 1 heterocycles. The number of aryl methyl sites for hydroxylation is 1. The van der Waals surface area contributed by atoms with Crippen molar-refractivity contribution in [2.75, 3.05) is 0 Å². The second-order valence-electron chi connectivity index (χ2n) is 5.18. The quantitative estimate of drug-likeness (QED) is 0.738. The van der Waals surface area contributed by atoms with Gasteiger partial charge in [-0.1, -0.05) is 30.3 Å². The lowest BCUT2D eigenvalue weighted by Gasteiger charge is -2.13. The van der Waals surface area contributed by atoms with E-state index in [9.17, 15) is 23.1 Å². The van der Waals surface area contributed by atoms with Crippen LogP contribution in [0.1, 0.15) is 5.56 Å². The predicted octanol–water partition coefficient (Wildman–Crippen LogP) is 3.93. The zero-order valence-corrected chi connectivity index (χ0v) is 12.1. The highest BCUT2D eigenvalue weighted by atomic mass is 19.4. The maximum atomic E-state index is 12.7. The van der Waals surface area contributed by atoms with Crippen molar-refractivity contribution in [3.63, 3.8) is 0 Å². The first kappa shape index (κ1) is 15.1. The lowest BCUT2D eigenvalue weighted by atomic mass is 9.99. The minimum atomic E-state index is -4.44. The largest absolute Gasteiger partial charge is 0.503 e. The smallest absolute Gasteiger partial charge is 0.416 e. The van der Waals surface area contributed by atoms with Crippen molar-refractivity contribution >= 4 is 10.9 Å². The van der Waals surface area contributed by atoms with Crippen molar-refractivity contribution in [1.29, 1.82) is 0 Å². The Balaban J connectivity index is 2.30. The van der Waals surface area contributed by atoms with E-state index < -0.39 is 23.0 Å². The Hall–Kier alpha value is -2.76. The molecule has 0 saturated heterocycles. The highest BCUT2D eigenvalue weighted by Crippen LogP contribution is 2.36. The summed E-state index contributed by atoms with van der Waals surface area (Å²) in [7, 11) is 1.53. The van der Waals surface area contributed by atoms with Crippen molar-refractivity contribution < 1.29 is 18.3 Å². The van der Waals surface area contributed by atoms with Gasteiger partial charge in [-0.15, -0.1) is 0 Å². The van der Waals surface area contributed by atoms with E-state index in [-0.39, 0.29) is 5.56 Å². The van der Waals surface area contributed by atoms with Crippen LogP contribution in [0.4, 0.5) is 13.2 Å². The van der Waals surface area contributed by atoms with Gasteiger partial charge in [0.2, 0.25) is 0 Å². The zero-order chi connectivity index (χ0) is 16.8. The number of fused-ring (bicyclic) bond motifs is 1. The van der Waals surface area contributed by atoms with Crippen LogP contribution in [0, 0.1) is 0 Å². The van der Waals surface area contributed by atoms with Gasteiger partial charge >= 0.3 is 6.18 Å². The number of hydrogen-bond donors (Lipinski definition) is 1. The van der Waals surface area contributed by atoms with Gasteiger partial charge in [-0.25, -0.2) is 0 Å². The molecule has 2 aromatic carbocycles. The highest BCUT2D eigenvalue weighted by molar-refractivity contribution is 5.97. The van der Waals surface area contributed by atoms with Crippen LogP contribution in [0.2, 0.25) is 0 Å². The van der Waals surface area contributed by atoms with Gasteiger partial charge in [0.05, 0.1) is 11.1 Å². The van der Waals surface area contributed by atoms with E-state index in [0.29, 0.717) is 16.5 Å². The summed E-state index contributed by atoms with van der Waals surface area (Å²) in [5.41, 5.74) is -0.209. The van der Waals surface area contributed by atoms with Gasteiger partial charge in [-0.3, -0.25) is 4.79 Å². The summed E-state index contributed by atoms with van der Waals surface area (Å²) >= 11 is 0. The summed E-state index contributed by atoms with van der Waals surface area (Å²) in [6, 6.07) is 11.3. The Morgan fingerprint density at radius 2 is 1.61 bits per heavy atom. The van der Waals surface area contributed by atoms with Gasteiger partial charge in [0.25, 0.3) is 5.56 Å². The fourth-order valence-electron chi connectivity index (χ4n) is 2.60. The van der Waals surface area contributed by atoms with E-state index >= 15 is 0 Å². The van der Waals surface area contributed by atoms with Crippen LogP contribution in [0.5, 0.6) is 5.75 Å². The van der Waals surface area contributed by atoms with E-state index in [1.54, 1.807) is 24.3 Å². The molecule has 3 nitrogen and oxygen atoms in total. The molecule has 0 aliphatic heterocycles. The fourth-order valence-corrected chi connectivity index (χ4v) is 2.60. The average Bonchev–Trinajstić information content (AvgIpc) is 2.53. The molecule has 0 unspecified atom stereocenters. The van der Waals surface area contributed by atoms with Crippen LogP contribution in [0.25, 0.3) is 22.0 Å². The molecule has 0 bridgehead atoms. The number of rotatable bonds is 1.